The summed E-state index contributed by atoms with van der Waals surface area (Å²) in [6, 6.07) is 5.20. The zero-order chi connectivity index (χ0) is 12.6. The smallest absolute Gasteiger partial charge is 0.136 e. The van der Waals surface area contributed by atoms with Gasteiger partial charge in [0.15, 0.2) is 0 Å². The molecule has 0 fully saturated rings. The van der Waals surface area contributed by atoms with Crippen LogP contribution >= 0.6 is 11.6 Å². The van der Waals surface area contributed by atoms with Gasteiger partial charge >= 0.3 is 0 Å². The first-order valence-electron chi connectivity index (χ1n) is 5.59. The molecule has 90 valence electrons. The molecule has 1 heterocycles. The highest BCUT2D eigenvalue weighted by Gasteiger charge is 2.15. The third kappa shape index (κ3) is 2.75. The van der Waals surface area contributed by atoms with E-state index < -0.39 is 0 Å². The molecule has 0 amide bonds. The van der Waals surface area contributed by atoms with Gasteiger partial charge in [-0.05, 0) is 41.0 Å². The lowest BCUT2D eigenvalue weighted by atomic mass is 9.87. The average Bonchev–Trinajstić information content (AvgIpc) is 2.19. The van der Waals surface area contributed by atoms with E-state index in [1.165, 1.54) is 6.07 Å². The Hall–Kier alpha value is -1.15. The Morgan fingerprint density at radius 3 is 2.65 bits per heavy atom. The van der Waals surface area contributed by atoms with Crippen molar-refractivity contribution in [1.29, 1.82) is 0 Å². The Kier molecular flexibility index (Phi) is 3.09. The molecule has 0 aliphatic carbocycles. The van der Waals surface area contributed by atoms with E-state index in [0.29, 0.717) is 17.0 Å². The lowest BCUT2D eigenvalue weighted by molar-refractivity contribution is 0.402. The first-order valence-corrected chi connectivity index (χ1v) is 5.97. The van der Waals surface area contributed by atoms with Crippen LogP contribution in [0.3, 0.4) is 0 Å². The minimum absolute atomic E-state index is 0.0609. The molecule has 0 unspecified atom stereocenters. The SMILES string of the molecule is CC(C)(C)Cc1cc2ccnc(Cl)c2cc1F. The summed E-state index contributed by atoms with van der Waals surface area (Å²) in [5.41, 5.74) is 0.790. The van der Waals surface area contributed by atoms with Crippen molar-refractivity contribution in [3.05, 3.63) is 40.9 Å². The summed E-state index contributed by atoms with van der Waals surface area (Å²) in [5.74, 6) is -0.206. The van der Waals surface area contributed by atoms with Gasteiger partial charge in [-0.15, -0.1) is 0 Å². The van der Waals surface area contributed by atoms with Gasteiger partial charge in [-0.25, -0.2) is 9.37 Å². The topological polar surface area (TPSA) is 12.9 Å². The second kappa shape index (κ2) is 4.26. The van der Waals surface area contributed by atoms with Gasteiger partial charge in [-0.2, -0.15) is 0 Å². The maximum Gasteiger partial charge on any atom is 0.136 e. The highest BCUT2D eigenvalue weighted by molar-refractivity contribution is 6.34. The molecule has 1 aromatic heterocycles. The number of benzene rings is 1. The fourth-order valence-corrected chi connectivity index (χ4v) is 2.13. The summed E-state index contributed by atoms with van der Waals surface area (Å²) >= 11 is 5.94. The van der Waals surface area contributed by atoms with Gasteiger partial charge in [0.1, 0.15) is 11.0 Å². The highest BCUT2D eigenvalue weighted by Crippen LogP contribution is 2.28. The van der Waals surface area contributed by atoms with E-state index in [0.717, 1.165) is 10.9 Å². The lowest BCUT2D eigenvalue weighted by Gasteiger charge is -2.19. The van der Waals surface area contributed by atoms with Crippen LogP contribution in [0.5, 0.6) is 0 Å². The Morgan fingerprint density at radius 2 is 2.00 bits per heavy atom. The fraction of sp³-hybridized carbons (Fsp3) is 0.357. The summed E-state index contributed by atoms with van der Waals surface area (Å²) in [5, 5.41) is 1.96. The van der Waals surface area contributed by atoms with Crippen LogP contribution < -0.4 is 0 Å². The quantitative estimate of drug-likeness (QED) is 0.674. The molecule has 0 aliphatic rings. The Morgan fingerprint density at radius 1 is 1.29 bits per heavy atom. The molecular formula is C14H15ClFN. The number of halogens is 2. The number of fused-ring (bicyclic) bond motifs is 1. The monoisotopic (exact) mass is 251 g/mol. The zero-order valence-corrected chi connectivity index (χ0v) is 11.0. The summed E-state index contributed by atoms with van der Waals surface area (Å²) in [4.78, 5) is 3.95. The van der Waals surface area contributed by atoms with E-state index in [-0.39, 0.29) is 11.2 Å². The molecule has 0 saturated carbocycles. The third-order valence-corrected chi connectivity index (χ3v) is 2.90. The molecule has 0 aliphatic heterocycles. The van der Waals surface area contributed by atoms with Crippen molar-refractivity contribution in [2.45, 2.75) is 27.2 Å². The predicted octanol–water partition coefficient (Wildman–Crippen LogP) is 4.62. The van der Waals surface area contributed by atoms with Gasteiger partial charge in [0.05, 0.1) is 0 Å². The second-order valence-electron chi connectivity index (χ2n) is 5.50. The maximum atomic E-state index is 13.9. The standard InChI is InChI=1S/C14H15ClFN/c1-14(2,3)8-10-6-9-4-5-17-13(15)11(9)7-12(10)16/h4-7H,8H2,1-3H3. The minimum atomic E-state index is -0.206. The van der Waals surface area contributed by atoms with Crippen LogP contribution in [0, 0.1) is 11.2 Å². The Labute approximate surface area is 106 Å². The summed E-state index contributed by atoms with van der Waals surface area (Å²) in [6.07, 6.45) is 2.35. The molecule has 0 bridgehead atoms. The number of hydrogen-bond acceptors (Lipinski definition) is 1. The van der Waals surface area contributed by atoms with Crippen molar-refractivity contribution >= 4 is 22.4 Å². The van der Waals surface area contributed by atoms with Crippen molar-refractivity contribution < 1.29 is 4.39 Å². The summed E-state index contributed by atoms with van der Waals surface area (Å²) in [7, 11) is 0. The fourth-order valence-electron chi connectivity index (χ4n) is 1.91. The van der Waals surface area contributed by atoms with Gasteiger partial charge in [0, 0.05) is 11.6 Å². The van der Waals surface area contributed by atoms with E-state index in [4.69, 9.17) is 11.6 Å². The molecule has 2 aromatic rings. The Balaban J connectivity index is 2.56. The number of rotatable bonds is 1. The lowest BCUT2D eigenvalue weighted by Crippen LogP contribution is -2.10. The van der Waals surface area contributed by atoms with Crippen molar-refractivity contribution in [2.24, 2.45) is 5.41 Å². The van der Waals surface area contributed by atoms with E-state index in [1.54, 1.807) is 6.20 Å². The van der Waals surface area contributed by atoms with E-state index >= 15 is 0 Å². The first-order chi connectivity index (χ1) is 7.87. The van der Waals surface area contributed by atoms with Crippen LogP contribution in [0.4, 0.5) is 4.39 Å². The van der Waals surface area contributed by atoms with Crippen LogP contribution in [-0.4, -0.2) is 4.98 Å². The number of pyridine rings is 1. The largest absolute Gasteiger partial charge is 0.244 e. The van der Waals surface area contributed by atoms with Crippen molar-refractivity contribution in [3.63, 3.8) is 0 Å². The zero-order valence-electron chi connectivity index (χ0n) is 10.2. The van der Waals surface area contributed by atoms with Crippen molar-refractivity contribution in [3.8, 4) is 0 Å². The van der Waals surface area contributed by atoms with Gasteiger partial charge in [0.25, 0.3) is 0 Å². The van der Waals surface area contributed by atoms with Gasteiger partial charge in [-0.3, -0.25) is 0 Å². The molecule has 1 aromatic carbocycles. The molecule has 2 rings (SSSR count). The highest BCUT2D eigenvalue weighted by atomic mass is 35.5. The molecule has 0 N–H and O–H groups in total. The number of aromatic nitrogens is 1. The van der Waals surface area contributed by atoms with Crippen LogP contribution in [0.25, 0.3) is 10.8 Å². The molecule has 17 heavy (non-hydrogen) atoms. The molecule has 3 heteroatoms. The van der Waals surface area contributed by atoms with Crippen molar-refractivity contribution in [2.75, 3.05) is 0 Å². The van der Waals surface area contributed by atoms with Crippen molar-refractivity contribution in [1.82, 2.24) is 4.98 Å². The minimum Gasteiger partial charge on any atom is -0.244 e. The molecular weight excluding hydrogens is 237 g/mol. The van der Waals surface area contributed by atoms with Gasteiger partial charge in [-0.1, -0.05) is 32.4 Å². The second-order valence-corrected chi connectivity index (χ2v) is 5.86. The van der Waals surface area contributed by atoms with Crippen LogP contribution in [0.1, 0.15) is 26.3 Å². The molecule has 0 atom stereocenters. The Bertz CT molecular complexity index is 558. The number of hydrogen-bond donors (Lipinski definition) is 0. The molecule has 0 spiro atoms. The van der Waals surface area contributed by atoms with Crippen LogP contribution in [0.15, 0.2) is 24.4 Å². The maximum absolute atomic E-state index is 13.9. The predicted molar refractivity (Wildman–Crippen MR) is 69.9 cm³/mol. The number of nitrogens with zero attached hydrogens (tertiary/aromatic N) is 1. The van der Waals surface area contributed by atoms with E-state index in [1.807, 2.05) is 12.1 Å². The normalized spacial score (nSPS) is 12.1. The van der Waals surface area contributed by atoms with E-state index in [9.17, 15) is 4.39 Å². The van der Waals surface area contributed by atoms with Crippen LogP contribution in [-0.2, 0) is 6.42 Å². The third-order valence-electron chi connectivity index (χ3n) is 2.60. The van der Waals surface area contributed by atoms with Gasteiger partial charge in [0.2, 0.25) is 0 Å². The molecule has 0 saturated heterocycles. The van der Waals surface area contributed by atoms with E-state index in [2.05, 4.69) is 25.8 Å². The van der Waals surface area contributed by atoms with Crippen LogP contribution in [0.2, 0.25) is 5.15 Å². The summed E-state index contributed by atoms with van der Waals surface area (Å²) in [6.45, 7) is 6.28. The first kappa shape index (κ1) is 12.3. The van der Waals surface area contributed by atoms with Gasteiger partial charge < -0.3 is 0 Å². The molecule has 1 nitrogen and oxygen atoms in total. The average molecular weight is 252 g/mol. The molecule has 0 radical (unpaired) electrons. The summed E-state index contributed by atoms with van der Waals surface area (Å²) < 4.78 is 13.9.